The van der Waals surface area contributed by atoms with Crippen LogP contribution in [0.3, 0.4) is 0 Å². The molecule has 14 heavy (non-hydrogen) atoms. The number of Topliss-reactive ketones (excluding diaryl/α,β-unsaturated/α-hetero) is 1. The van der Waals surface area contributed by atoms with Gasteiger partial charge in [-0.15, -0.1) is 0 Å². The van der Waals surface area contributed by atoms with Crippen LogP contribution in [0.1, 0.15) is 10.5 Å². The zero-order valence-corrected chi connectivity index (χ0v) is 7.66. The Morgan fingerprint density at radius 3 is 2.93 bits per heavy atom. The molecule has 0 unspecified atom stereocenters. The predicted molar refractivity (Wildman–Crippen MR) is 47.6 cm³/mol. The van der Waals surface area contributed by atoms with E-state index in [1.54, 1.807) is 24.0 Å². The van der Waals surface area contributed by atoms with Gasteiger partial charge in [0.15, 0.2) is 0 Å². The summed E-state index contributed by atoms with van der Waals surface area (Å²) in [5, 5.41) is 7.77. The predicted octanol–water partition coefficient (Wildman–Crippen LogP) is -0.105. The van der Waals surface area contributed by atoms with E-state index in [0.29, 0.717) is 5.69 Å². The first-order valence-electron chi connectivity index (χ1n) is 4.11. The van der Waals surface area contributed by atoms with Gasteiger partial charge in [0.05, 0.1) is 0 Å². The number of nitrogens with zero attached hydrogens (tertiary/aromatic N) is 5. The maximum absolute atomic E-state index is 11.6. The van der Waals surface area contributed by atoms with Crippen LogP contribution in [0.4, 0.5) is 0 Å². The van der Waals surface area contributed by atoms with E-state index in [-0.39, 0.29) is 12.3 Å². The normalized spacial score (nSPS) is 10.4. The van der Waals surface area contributed by atoms with Gasteiger partial charge in [-0.05, 0) is 6.07 Å². The SMILES string of the molecule is Cn1nccc1C(=O)Cn1cncn1. The van der Waals surface area contributed by atoms with E-state index in [2.05, 4.69) is 15.2 Å². The van der Waals surface area contributed by atoms with Crippen LogP contribution in [0.5, 0.6) is 0 Å². The number of ketones is 1. The molecule has 0 saturated heterocycles. The van der Waals surface area contributed by atoms with Crippen molar-refractivity contribution in [2.75, 3.05) is 0 Å². The number of rotatable bonds is 3. The van der Waals surface area contributed by atoms with Gasteiger partial charge in [0.25, 0.3) is 0 Å². The molecular weight excluding hydrogens is 182 g/mol. The fraction of sp³-hybridized carbons (Fsp3) is 0.250. The lowest BCUT2D eigenvalue weighted by Gasteiger charge is -2.00. The first-order chi connectivity index (χ1) is 6.77. The summed E-state index contributed by atoms with van der Waals surface area (Å²) >= 11 is 0. The van der Waals surface area contributed by atoms with Gasteiger partial charge in [-0.25, -0.2) is 9.67 Å². The summed E-state index contributed by atoms with van der Waals surface area (Å²) in [4.78, 5) is 15.4. The molecule has 0 aliphatic heterocycles. The lowest BCUT2D eigenvalue weighted by atomic mass is 10.3. The second-order valence-electron chi connectivity index (χ2n) is 2.86. The number of aryl methyl sites for hydroxylation is 1. The van der Waals surface area contributed by atoms with Gasteiger partial charge in [-0.2, -0.15) is 10.2 Å². The molecule has 0 radical (unpaired) electrons. The zero-order chi connectivity index (χ0) is 9.97. The summed E-state index contributed by atoms with van der Waals surface area (Å²) in [5.74, 6) is -0.0319. The summed E-state index contributed by atoms with van der Waals surface area (Å²) in [6, 6.07) is 1.68. The maximum Gasteiger partial charge on any atom is 0.202 e. The molecule has 0 atom stereocenters. The molecule has 0 aromatic carbocycles. The molecule has 72 valence electrons. The molecule has 0 fully saturated rings. The fourth-order valence-corrected chi connectivity index (χ4v) is 1.19. The average molecular weight is 191 g/mol. The third kappa shape index (κ3) is 1.54. The quantitative estimate of drug-likeness (QED) is 0.635. The van der Waals surface area contributed by atoms with Crippen molar-refractivity contribution in [3.8, 4) is 0 Å². The van der Waals surface area contributed by atoms with Gasteiger partial charge < -0.3 is 0 Å². The minimum atomic E-state index is -0.0319. The van der Waals surface area contributed by atoms with Crippen molar-refractivity contribution in [1.82, 2.24) is 24.5 Å². The first-order valence-corrected chi connectivity index (χ1v) is 4.11. The highest BCUT2D eigenvalue weighted by atomic mass is 16.1. The lowest BCUT2D eigenvalue weighted by Crippen LogP contribution is -2.14. The van der Waals surface area contributed by atoms with Crippen molar-refractivity contribution in [2.45, 2.75) is 6.54 Å². The third-order valence-corrected chi connectivity index (χ3v) is 1.88. The molecule has 0 saturated carbocycles. The second-order valence-corrected chi connectivity index (χ2v) is 2.86. The second kappa shape index (κ2) is 3.41. The Hall–Kier alpha value is -1.98. The summed E-state index contributed by atoms with van der Waals surface area (Å²) in [7, 11) is 1.73. The summed E-state index contributed by atoms with van der Waals surface area (Å²) < 4.78 is 3.02. The molecule has 2 aromatic heterocycles. The Morgan fingerprint density at radius 2 is 2.36 bits per heavy atom. The van der Waals surface area contributed by atoms with E-state index < -0.39 is 0 Å². The molecule has 0 aliphatic rings. The largest absolute Gasteiger partial charge is 0.290 e. The van der Waals surface area contributed by atoms with Crippen LogP contribution in [0.15, 0.2) is 24.9 Å². The molecule has 2 aromatic rings. The van der Waals surface area contributed by atoms with E-state index in [1.807, 2.05) is 0 Å². The van der Waals surface area contributed by atoms with E-state index in [1.165, 1.54) is 17.3 Å². The smallest absolute Gasteiger partial charge is 0.202 e. The highest BCUT2D eigenvalue weighted by molar-refractivity contribution is 5.94. The molecule has 0 amide bonds. The summed E-state index contributed by atoms with van der Waals surface area (Å²) in [6.45, 7) is 0.194. The van der Waals surface area contributed by atoms with Gasteiger partial charge in [-0.3, -0.25) is 9.48 Å². The zero-order valence-electron chi connectivity index (χ0n) is 7.66. The molecule has 6 heteroatoms. The average Bonchev–Trinajstić information content (AvgIpc) is 2.75. The molecule has 0 bridgehead atoms. The highest BCUT2D eigenvalue weighted by Gasteiger charge is 2.10. The van der Waals surface area contributed by atoms with Crippen LogP contribution in [0.2, 0.25) is 0 Å². The Bertz CT molecular complexity index is 430. The number of aromatic nitrogens is 5. The molecule has 0 N–H and O–H groups in total. The number of carbonyl (C=O) groups excluding carboxylic acids is 1. The third-order valence-electron chi connectivity index (χ3n) is 1.88. The molecule has 2 rings (SSSR count). The Labute approximate surface area is 80.2 Å². The van der Waals surface area contributed by atoms with E-state index in [4.69, 9.17) is 0 Å². The topological polar surface area (TPSA) is 65.6 Å². The first kappa shape index (κ1) is 8.61. The van der Waals surface area contributed by atoms with Gasteiger partial charge in [0.1, 0.15) is 24.9 Å². The van der Waals surface area contributed by atoms with Gasteiger partial charge in [0, 0.05) is 13.2 Å². The van der Waals surface area contributed by atoms with Gasteiger partial charge in [0.2, 0.25) is 5.78 Å². The molecule has 2 heterocycles. The van der Waals surface area contributed by atoms with Crippen molar-refractivity contribution < 1.29 is 4.79 Å². The van der Waals surface area contributed by atoms with Gasteiger partial charge in [-0.1, -0.05) is 0 Å². The Kier molecular flexibility index (Phi) is 2.10. The van der Waals surface area contributed by atoms with E-state index in [0.717, 1.165) is 0 Å². The van der Waals surface area contributed by atoms with Crippen molar-refractivity contribution >= 4 is 5.78 Å². The summed E-state index contributed by atoms with van der Waals surface area (Å²) in [6.07, 6.45) is 4.50. The van der Waals surface area contributed by atoms with Crippen molar-refractivity contribution in [2.24, 2.45) is 7.05 Å². The van der Waals surface area contributed by atoms with E-state index >= 15 is 0 Å². The standard InChI is InChI=1S/C8H9N5O/c1-12-7(2-3-10-12)8(14)4-13-6-9-5-11-13/h2-3,5-6H,4H2,1H3. The number of hydrogen-bond donors (Lipinski definition) is 0. The van der Waals surface area contributed by atoms with Crippen LogP contribution in [0.25, 0.3) is 0 Å². The van der Waals surface area contributed by atoms with Crippen molar-refractivity contribution in [1.29, 1.82) is 0 Å². The van der Waals surface area contributed by atoms with Gasteiger partial charge >= 0.3 is 0 Å². The fourth-order valence-electron chi connectivity index (χ4n) is 1.19. The monoisotopic (exact) mass is 191 g/mol. The highest BCUT2D eigenvalue weighted by Crippen LogP contribution is 1.99. The summed E-state index contributed by atoms with van der Waals surface area (Å²) in [5.41, 5.74) is 0.570. The Morgan fingerprint density at radius 1 is 1.50 bits per heavy atom. The van der Waals surface area contributed by atoms with Crippen molar-refractivity contribution in [3.63, 3.8) is 0 Å². The van der Waals surface area contributed by atoms with Crippen molar-refractivity contribution in [3.05, 3.63) is 30.6 Å². The number of carbonyl (C=O) groups is 1. The van der Waals surface area contributed by atoms with Crippen LogP contribution in [0, 0.1) is 0 Å². The Balaban J connectivity index is 2.14. The molecule has 0 aliphatic carbocycles. The number of hydrogen-bond acceptors (Lipinski definition) is 4. The molecule has 0 spiro atoms. The van der Waals surface area contributed by atoms with Crippen LogP contribution in [-0.2, 0) is 13.6 Å². The molecule has 6 nitrogen and oxygen atoms in total. The van der Waals surface area contributed by atoms with Crippen LogP contribution < -0.4 is 0 Å². The van der Waals surface area contributed by atoms with E-state index in [9.17, 15) is 4.79 Å². The maximum atomic E-state index is 11.6. The van der Waals surface area contributed by atoms with Crippen LogP contribution in [-0.4, -0.2) is 30.3 Å². The minimum Gasteiger partial charge on any atom is -0.290 e. The van der Waals surface area contributed by atoms with Crippen LogP contribution >= 0.6 is 0 Å². The molecular formula is C8H9N5O. The minimum absolute atomic E-state index is 0.0319. The lowest BCUT2D eigenvalue weighted by molar-refractivity contribution is 0.0958.